The average Bonchev–Trinajstić information content (AvgIpc) is 2.42. The van der Waals surface area contributed by atoms with Crippen LogP contribution in [-0.4, -0.2) is 28.5 Å². The lowest BCUT2D eigenvalue weighted by atomic mass is 10.2. The Labute approximate surface area is 82.9 Å². The number of ether oxygens (including phenoxy) is 1. The number of aryl methyl sites for hydroxylation is 1. The zero-order valence-electron chi connectivity index (χ0n) is 8.20. The third-order valence-electron chi connectivity index (χ3n) is 2.06. The third-order valence-corrected chi connectivity index (χ3v) is 2.35. The quantitative estimate of drug-likeness (QED) is 0.756. The van der Waals surface area contributed by atoms with E-state index < -0.39 is 0 Å². The summed E-state index contributed by atoms with van der Waals surface area (Å²) in [5.74, 6) is 0.925. The summed E-state index contributed by atoms with van der Waals surface area (Å²) in [6.45, 7) is 4.79. The lowest BCUT2D eigenvalue weighted by molar-refractivity contribution is 0.180. The summed E-state index contributed by atoms with van der Waals surface area (Å²) in [6, 6.07) is 0.339. The van der Waals surface area contributed by atoms with Gasteiger partial charge in [0.2, 0.25) is 0 Å². The predicted molar refractivity (Wildman–Crippen MR) is 53.4 cm³/mol. The molecule has 0 aliphatic carbocycles. The lowest BCUT2D eigenvalue weighted by Gasteiger charge is -2.13. The van der Waals surface area contributed by atoms with Gasteiger partial charge >= 0.3 is 0 Å². The fourth-order valence-electron chi connectivity index (χ4n) is 1.32. The topological polar surface area (TPSA) is 42.8 Å². The predicted octanol–water partition coefficient (Wildman–Crippen LogP) is 1.85. The van der Waals surface area contributed by atoms with Crippen LogP contribution >= 0.6 is 12.2 Å². The Kier molecular flexibility index (Phi) is 3.62. The minimum atomic E-state index is 0.339. The molecular formula is C8H15N3OS. The monoisotopic (exact) mass is 201 g/mol. The molecule has 13 heavy (non-hydrogen) atoms. The van der Waals surface area contributed by atoms with Crippen LogP contribution in [0.25, 0.3) is 0 Å². The van der Waals surface area contributed by atoms with E-state index in [1.165, 1.54) is 0 Å². The zero-order valence-corrected chi connectivity index (χ0v) is 9.02. The van der Waals surface area contributed by atoms with Gasteiger partial charge < -0.3 is 9.30 Å². The van der Waals surface area contributed by atoms with Gasteiger partial charge in [-0.3, -0.25) is 5.10 Å². The molecule has 74 valence electrons. The Bertz CT molecular complexity index is 317. The normalized spacial score (nSPS) is 13.2. The van der Waals surface area contributed by atoms with Crippen LogP contribution in [0.1, 0.15) is 25.2 Å². The number of methoxy groups -OCH3 is 1. The summed E-state index contributed by atoms with van der Waals surface area (Å²) in [6.07, 6.45) is 0.950. The van der Waals surface area contributed by atoms with Gasteiger partial charge in [0, 0.05) is 19.8 Å². The highest BCUT2D eigenvalue weighted by Crippen LogP contribution is 2.12. The Morgan fingerprint density at radius 2 is 2.38 bits per heavy atom. The van der Waals surface area contributed by atoms with Crippen molar-refractivity contribution < 1.29 is 4.74 Å². The summed E-state index contributed by atoms with van der Waals surface area (Å²) in [5, 5.41) is 6.82. The Morgan fingerprint density at radius 1 is 1.69 bits per heavy atom. The molecule has 1 aromatic rings. The number of aromatic nitrogens is 3. The van der Waals surface area contributed by atoms with E-state index >= 15 is 0 Å². The SMILES string of the molecule is COCCC(C)n1c(C)n[nH]c1=S. The number of H-pyrrole nitrogens is 1. The van der Waals surface area contributed by atoms with Gasteiger partial charge in [0.05, 0.1) is 0 Å². The maximum absolute atomic E-state index is 5.10. The summed E-state index contributed by atoms with van der Waals surface area (Å²) in [5.41, 5.74) is 0. The summed E-state index contributed by atoms with van der Waals surface area (Å²) in [4.78, 5) is 0. The second-order valence-electron chi connectivity index (χ2n) is 3.08. The molecule has 0 fully saturated rings. The number of nitrogens with zero attached hydrogens (tertiary/aromatic N) is 2. The molecule has 0 bridgehead atoms. The molecule has 4 nitrogen and oxygen atoms in total. The van der Waals surface area contributed by atoms with E-state index in [-0.39, 0.29) is 0 Å². The number of nitrogens with one attached hydrogen (secondary N) is 1. The largest absolute Gasteiger partial charge is 0.385 e. The number of rotatable bonds is 4. The minimum absolute atomic E-state index is 0.339. The van der Waals surface area contributed by atoms with Gasteiger partial charge in [-0.25, -0.2) is 0 Å². The van der Waals surface area contributed by atoms with Crippen molar-refractivity contribution in [1.29, 1.82) is 0 Å². The summed E-state index contributed by atoms with van der Waals surface area (Å²) in [7, 11) is 1.70. The molecule has 0 saturated carbocycles. The molecule has 1 rings (SSSR count). The van der Waals surface area contributed by atoms with Crippen LogP contribution in [0.3, 0.4) is 0 Å². The standard InChI is InChI=1S/C8H15N3OS/c1-6(4-5-12-3)11-7(2)9-10-8(11)13/h6H,4-5H2,1-3H3,(H,10,13). The average molecular weight is 201 g/mol. The summed E-state index contributed by atoms with van der Waals surface area (Å²) < 4.78 is 7.70. The molecule has 0 radical (unpaired) electrons. The van der Waals surface area contributed by atoms with Crippen molar-refractivity contribution in [3.63, 3.8) is 0 Å². The van der Waals surface area contributed by atoms with Gasteiger partial charge in [0.25, 0.3) is 0 Å². The van der Waals surface area contributed by atoms with Crippen LogP contribution in [0, 0.1) is 11.7 Å². The molecule has 5 heteroatoms. The van der Waals surface area contributed by atoms with Crippen LogP contribution < -0.4 is 0 Å². The van der Waals surface area contributed by atoms with Crippen LogP contribution in [0.2, 0.25) is 0 Å². The van der Waals surface area contributed by atoms with Gasteiger partial charge in [-0.15, -0.1) is 0 Å². The van der Waals surface area contributed by atoms with E-state index in [1.54, 1.807) is 7.11 Å². The van der Waals surface area contributed by atoms with Crippen molar-refractivity contribution in [2.75, 3.05) is 13.7 Å². The second-order valence-corrected chi connectivity index (χ2v) is 3.46. The van der Waals surface area contributed by atoms with Crippen molar-refractivity contribution in [1.82, 2.24) is 14.8 Å². The smallest absolute Gasteiger partial charge is 0.195 e. The molecule has 1 atom stereocenters. The lowest BCUT2D eigenvalue weighted by Crippen LogP contribution is -2.09. The van der Waals surface area contributed by atoms with E-state index in [1.807, 2.05) is 11.5 Å². The third kappa shape index (κ3) is 2.38. The maximum Gasteiger partial charge on any atom is 0.195 e. The fourth-order valence-corrected chi connectivity index (χ4v) is 1.68. The Balaban J connectivity index is 2.75. The Morgan fingerprint density at radius 3 is 2.85 bits per heavy atom. The van der Waals surface area contributed by atoms with Crippen molar-refractivity contribution in [3.05, 3.63) is 10.6 Å². The van der Waals surface area contributed by atoms with Gasteiger partial charge in [-0.05, 0) is 32.5 Å². The fraction of sp³-hybridized carbons (Fsp3) is 0.750. The van der Waals surface area contributed by atoms with Crippen molar-refractivity contribution in [2.24, 2.45) is 0 Å². The van der Waals surface area contributed by atoms with Gasteiger partial charge in [0.15, 0.2) is 4.77 Å². The van der Waals surface area contributed by atoms with E-state index in [9.17, 15) is 0 Å². The van der Waals surface area contributed by atoms with E-state index in [4.69, 9.17) is 17.0 Å². The van der Waals surface area contributed by atoms with Gasteiger partial charge in [-0.2, -0.15) is 5.10 Å². The van der Waals surface area contributed by atoms with Crippen LogP contribution in [0.4, 0.5) is 0 Å². The number of hydrogen-bond acceptors (Lipinski definition) is 3. The van der Waals surface area contributed by atoms with Gasteiger partial charge in [-0.1, -0.05) is 0 Å². The van der Waals surface area contributed by atoms with Crippen molar-refractivity contribution in [3.8, 4) is 0 Å². The number of hydrogen-bond donors (Lipinski definition) is 1. The molecule has 0 saturated heterocycles. The molecule has 1 unspecified atom stereocenters. The van der Waals surface area contributed by atoms with E-state index in [0.29, 0.717) is 10.8 Å². The molecule has 0 aliphatic rings. The maximum atomic E-state index is 5.10. The van der Waals surface area contributed by atoms with Crippen LogP contribution in [0.5, 0.6) is 0 Å². The molecule has 0 aliphatic heterocycles. The highest BCUT2D eigenvalue weighted by Gasteiger charge is 2.08. The van der Waals surface area contributed by atoms with Crippen LogP contribution in [-0.2, 0) is 4.74 Å². The highest BCUT2D eigenvalue weighted by atomic mass is 32.1. The zero-order chi connectivity index (χ0) is 9.84. The summed E-state index contributed by atoms with van der Waals surface area (Å²) >= 11 is 5.10. The molecule has 1 aromatic heterocycles. The first-order valence-electron chi connectivity index (χ1n) is 4.29. The van der Waals surface area contributed by atoms with Crippen LogP contribution in [0.15, 0.2) is 0 Å². The highest BCUT2D eigenvalue weighted by molar-refractivity contribution is 7.71. The minimum Gasteiger partial charge on any atom is -0.385 e. The molecule has 0 aromatic carbocycles. The van der Waals surface area contributed by atoms with Crippen molar-refractivity contribution >= 4 is 12.2 Å². The van der Waals surface area contributed by atoms with E-state index in [2.05, 4.69) is 17.1 Å². The van der Waals surface area contributed by atoms with E-state index in [0.717, 1.165) is 18.9 Å². The molecular weight excluding hydrogens is 186 g/mol. The first-order chi connectivity index (χ1) is 6.16. The Hall–Kier alpha value is -0.680. The number of aromatic amines is 1. The van der Waals surface area contributed by atoms with Gasteiger partial charge in [0.1, 0.15) is 5.82 Å². The van der Waals surface area contributed by atoms with Crippen molar-refractivity contribution in [2.45, 2.75) is 26.3 Å². The first kappa shape index (κ1) is 10.4. The molecule has 0 spiro atoms. The first-order valence-corrected chi connectivity index (χ1v) is 4.70. The molecule has 1 N–H and O–H groups in total. The molecule has 1 heterocycles. The second kappa shape index (κ2) is 4.53. The molecule has 0 amide bonds.